The van der Waals surface area contributed by atoms with Crippen LogP contribution in [0.2, 0.25) is 0 Å². The largest absolute Gasteiger partial charge is 0.357 e. The average Bonchev–Trinajstić information content (AvgIpc) is 3.27. The number of carbonyl (C=O) groups is 1. The SMILES string of the molecule is CCNC(=NCCC1CC1)NCCNC(=O)C1CC1. The summed E-state index contributed by atoms with van der Waals surface area (Å²) in [4.78, 5) is 16.0. The Labute approximate surface area is 115 Å². The smallest absolute Gasteiger partial charge is 0.223 e. The van der Waals surface area contributed by atoms with Crippen LogP contribution < -0.4 is 16.0 Å². The van der Waals surface area contributed by atoms with Gasteiger partial charge in [0.15, 0.2) is 5.96 Å². The molecule has 2 aliphatic rings. The van der Waals surface area contributed by atoms with Crippen LogP contribution in [0, 0.1) is 11.8 Å². The quantitative estimate of drug-likeness (QED) is 0.347. The summed E-state index contributed by atoms with van der Waals surface area (Å²) in [5, 5.41) is 9.42. The second-order valence-electron chi connectivity index (χ2n) is 5.48. The molecule has 5 heteroatoms. The van der Waals surface area contributed by atoms with Crippen LogP contribution in [0.25, 0.3) is 0 Å². The van der Waals surface area contributed by atoms with Gasteiger partial charge in [0.05, 0.1) is 0 Å². The summed E-state index contributed by atoms with van der Waals surface area (Å²) >= 11 is 0. The minimum absolute atomic E-state index is 0.206. The van der Waals surface area contributed by atoms with Gasteiger partial charge in [-0.25, -0.2) is 0 Å². The van der Waals surface area contributed by atoms with Crippen molar-refractivity contribution in [3.8, 4) is 0 Å². The Morgan fingerprint density at radius 2 is 1.84 bits per heavy atom. The second-order valence-corrected chi connectivity index (χ2v) is 5.48. The molecule has 0 bridgehead atoms. The number of nitrogens with one attached hydrogen (secondary N) is 3. The van der Waals surface area contributed by atoms with Crippen LogP contribution in [0.3, 0.4) is 0 Å². The Bertz CT molecular complexity index is 321. The van der Waals surface area contributed by atoms with E-state index in [-0.39, 0.29) is 5.91 Å². The first-order valence-corrected chi connectivity index (χ1v) is 7.59. The Balaban J connectivity index is 1.56. The molecule has 0 aromatic rings. The van der Waals surface area contributed by atoms with Gasteiger partial charge in [-0.3, -0.25) is 9.79 Å². The topological polar surface area (TPSA) is 65.5 Å². The predicted molar refractivity (Wildman–Crippen MR) is 77.1 cm³/mol. The van der Waals surface area contributed by atoms with Crippen LogP contribution in [0.5, 0.6) is 0 Å². The minimum atomic E-state index is 0.206. The van der Waals surface area contributed by atoms with Gasteiger partial charge in [-0.05, 0) is 32.1 Å². The monoisotopic (exact) mass is 266 g/mol. The molecular weight excluding hydrogens is 240 g/mol. The van der Waals surface area contributed by atoms with E-state index in [0.29, 0.717) is 12.5 Å². The van der Waals surface area contributed by atoms with Gasteiger partial charge in [0, 0.05) is 32.1 Å². The lowest BCUT2D eigenvalue weighted by atomic mass is 10.3. The maximum atomic E-state index is 11.4. The molecule has 0 heterocycles. The summed E-state index contributed by atoms with van der Waals surface area (Å²) in [6.45, 7) is 5.22. The first kappa shape index (κ1) is 14.2. The number of amides is 1. The number of hydrogen-bond donors (Lipinski definition) is 3. The van der Waals surface area contributed by atoms with Crippen LogP contribution >= 0.6 is 0 Å². The van der Waals surface area contributed by atoms with Gasteiger partial charge in [-0.2, -0.15) is 0 Å². The molecule has 2 fully saturated rings. The molecular formula is C14H26N4O. The summed E-state index contributed by atoms with van der Waals surface area (Å²) in [6.07, 6.45) is 6.09. The van der Waals surface area contributed by atoms with Crippen molar-refractivity contribution in [3.63, 3.8) is 0 Å². The molecule has 108 valence electrons. The van der Waals surface area contributed by atoms with E-state index in [1.165, 1.54) is 19.3 Å². The highest BCUT2D eigenvalue weighted by Gasteiger charge is 2.28. The van der Waals surface area contributed by atoms with Crippen molar-refractivity contribution < 1.29 is 4.79 Å². The molecule has 0 atom stereocenters. The van der Waals surface area contributed by atoms with E-state index < -0.39 is 0 Å². The third kappa shape index (κ3) is 5.94. The average molecular weight is 266 g/mol. The molecule has 0 aromatic carbocycles. The van der Waals surface area contributed by atoms with E-state index in [4.69, 9.17) is 0 Å². The van der Waals surface area contributed by atoms with E-state index in [0.717, 1.165) is 44.4 Å². The summed E-state index contributed by atoms with van der Waals surface area (Å²) < 4.78 is 0. The molecule has 0 aliphatic heterocycles. The normalized spacial score (nSPS) is 19.1. The van der Waals surface area contributed by atoms with Gasteiger partial charge in [0.1, 0.15) is 0 Å². The van der Waals surface area contributed by atoms with Gasteiger partial charge < -0.3 is 16.0 Å². The Morgan fingerprint density at radius 1 is 1.11 bits per heavy atom. The minimum Gasteiger partial charge on any atom is -0.357 e. The summed E-state index contributed by atoms with van der Waals surface area (Å²) in [7, 11) is 0. The highest BCUT2D eigenvalue weighted by molar-refractivity contribution is 5.81. The number of hydrogen-bond acceptors (Lipinski definition) is 2. The lowest BCUT2D eigenvalue weighted by molar-refractivity contribution is -0.122. The van der Waals surface area contributed by atoms with Crippen LogP contribution in [-0.2, 0) is 4.79 Å². The highest BCUT2D eigenvalue weighted by Crippen LogP contribution is 2.32. The third-order valence-electron chi connectivity index (χ3n) is 3.51. The van der Waals surface area contributed by atoms with Crippen molar-refractivity contribution >= 4 is 11.9 Å². The first-order valence-electron chi connectivity index (χ1n) is 7.59. The van der Waals surface area contributed by atoms with Gasteiger partial charge >= 0.3 is 0 Å². The zero-order valence-electron chi connectivity index (χ0n) is 11.9. The molecule has 0 spiro atoms. The zero-order valence-corrected chi connectivity index (χ0v) is 11.9. The predicted octanol–water partition coefficient (Wildman–Crippen LogP) is 0.868. The molecule has 3 N–H and O–H groups in total. The molecule has 2 saturated carbocycles. The number of guanidine groups is 1. The molecule has 1 amide bonds. The van der Waals surface area contributed by atoms with Crippen molar-refractivity contribution in [2.75, 3.05) is 26.2 Å². The Hall–Kier alpha value is -1.26. The fraction of sp³-hybridized carbons (Fsp3) is 0.857. The van der Waals surface area contributed by atoms with Gasteiger partial charge in [0.2, 0.25) is 5.91 Å². The van der Waals surface area contributed by atoms with E-state index in [1.54, 1.807) is 0 Å². The van der Waals surface area contributed by atoms with Gasteiger partial charge in [-0.15, -0.1) is 0 Å². The van der Waals surface area contributed by atoms with E-state index in [9.17, 15) is 4.79 Å². The number of nitrogens with zero attached hydrogens (tertiary/aromatic N) is 1. The van der Waals surface area contributed by atoms with Gasteiger partial charge in [-0.1, -0.05) is 12.8 Å². The molecule has 2 rings (SSSR count). The molecule has 0 unspecified atom stereocenters. The van der Waals surface area contributed by atoms with Crippen LogP contribution in [0.15, 0.2) is 4.99 Å². The summed E-state index contributed by atoms with van der Waals surface area (Å²) in [6, 6.07) is 0. The Kier molecular flexibility index (Phi) is 5.48. The van der Waals surface area contributed by atoms with Crippen LogP contribution in [0.4, 0.5) is 0 Å². The third-order valence-corrected chi connectivity index (χ3v) is 3.51. The lowest BCUT2D eigenvalue weighted by Crippen LogP contribution is -2.41. The van der Waals surface area contributed by atoms with Gasteiger partial charge in [0.25, 0.3) is 0 Å². The van der Waals surface area contributed by atoms with E-state index in [1.807, 2.05) is 0 Å². The fourth-order valence-electron chi connectivity index (χ4n) is 1.96. The highest BCUT2D eigenvalue weighted by atomic mass is 16.2. The van der Waals surface area contributed by atoms with E-state index >= 15 is 0 Å². The van der Waals surface area contributed by atoms with Crippen LogP contribution in [-0.4, -0.2) is 38.0 Å². The molecule has 0 radical (unpaired) electrons. The van der Waals surface area contributed by atoms with Crippen molar-refractivity contribution in [1.82, 2.24) is 16.0 Å². The standard InChI is InChI=1S/C14H26N4O/c1-2-15-14(17-8-7-11-3-4-11)18-10-9-16-13(19)12-5-6-12/h11-12H,2-10H2,1H3,(H,16,19)(H2,15,17,18). The molecule has 2 aliphatic carbocycles. The van der Waals surface area contributed by atoms with Crippen molar-refractivity contribution in [1.29, 1.82) is 0 Å². The molecule has 5 nitrogen and oxygen atoms in total. The summed E-state index contributed by atoms with van der Waals surface area (Å²) in [5.41, 5.74) is 0. The van der Waals surface area contributed by atoms with Crippen molar-refractivity contribution in [3.05, 3.63) is 0 Å². The van der Waals surface area contributed by atoms with Crippen LogP contribution in [0.1, 0.15) is 39.0 Å². The van der Waals surface area contributed by atoms with E-state index in [2.05, 4.69) is 27.9 Å². The molecule has 0 aromatic heterocycles. The fourth-order valence-corrected chi connectivity index (χ4v) is 1.96. The maximum absolute atomic E-state index is 11.4. The Morgan fingerprint density at radius 3 is 2.47 bits per heavy atom. The van der Waals surface area contributed by atoms with Crippen molar-refractivity contribution in [2.24, 2.45) is 16.8 Å². The first-order chi connectivity index (χ1) is 9.29. The number of carbonyl (C=O) groups excluding carboxylic acids is 1. The summed E-state index contributed by atoms with van der Waals surface area (Å²) in [5.74, 6) is 2.28. The lowest BCUT2D eigenvalue weighted by Gasteiger charge is -2.11. The zero-order chi connectivity index (χ0) is 13.5. The molecule has 19 heavy (non-hydrogen) atoms. The molecule has 0 saturated heterocycles. The van der Waals surface area contributed by atoms with Crippen molar-refractivity contribution in [2.45, 2.75) is 39.0 Å². The number of aliphatic imine (C=N–C) groups is 1. The number of rotatable bonds is 8. The maximum Gasteiger partial charge on any atom is 0.223 e. The second kappa shape index (κ2) is 7.36.